The minimum absolute atomic E-state index is 0. The predicted molar refractivity (Wildman–Crippen MR) is 86.0 cm³/mol. The summed E-state index contributed by atoms with van der Waals surface area (Å²) >= 11 is 0. The fourth-order valence-electron chi connectivity index (χ4n) is 2.87. The third-order valence-electron chi connectivity index (χ3n) is 3.97. The number of nitrogens with two attached hydrogens (primary N) is 1. The maximum atomic E-state index is 12.5. The number of nitrogens with zero attached hydrogens (tertiary/aromatic N) is 1. The summed E-state index contributed by atoms with van der Waals surface area (Å²) in [7, 11) is 0. The normalized spacial score (nSPS) is 18.8. The Hall–Kier alpha value is -1.22. The molecule has 0 aromatic heterocycles. The maximum Gasteiger partial charge on any atom is 0.227 e. The number of nitrogen functional groups attached to an aromatic ring is 1. The van der Waals surface area contributed by atoms with Crippen molar-refractivity contribution < 1.29 is 4.79 Å². The molecule has 1 fully saturated rings. The van der Waals surface area contributed by atoms with Crippen molar-refractivity contribution in [2.75, 3.05) is 12.3 Å². The van der Waals surface area contributed by atoms with Gasteiger partial charge in [-0.2, -0.15) is 0 Å². The van der Waals surface area contributed by atoms with Crippen molar-refractivity contribution in [1.82, 2.24) is 4.90 Å². The molecule has 1 unspecified atom stereocenters. The molecule has 20 heavy (non-hydrogen) atoms. The maximum absolute atomic E-state index is 12.5. The number of hydrogen-bond acceptors (Lipinski definition) is 2. The molecule has 1 aliphatic heterocycles. The first-order chi connectivity index (χ1) is 9.08. The first kappa shape index (κ1) is 16.8. The van der Waals surface area contributed by atoms with E-state index in [1.807, 2.05) is 24.3 Å². The molecule has 0 radical (unpaired) electrons. The zero-order chi connectivity index (χ0) is 13.8. The van der Waals surface area contributed by atoms with Gasteiger partial charge in [0.15, 0.2) is 0 Å². The summed E-state index contributed by atoms with van der Waals surface area (Å²) < 4.78 is 0. The third kappa shape index (κ3) is 4.14. The second-order valence-corrected chi connectivity index (χ2v) is 5.81. The van der Waals surface area contributed by atoms with Gasteiger partial charge in [-0.25, -0.2) is 0 Å². The molecule has 0 bridgehead atoms. The number of hydrogen-bond donors (Lipinski definition) is 1. The standard InChI is InChI=1S/C16H24N2O.ClH/c1-12(2)15-5-3-4-10-18(15)16(19)11-13-6-8-14(17)9-7-13;/h6-9,12,15H,3-5,10-11,17H2,1-2H3;1H. The zero-order valence-corrected chi connectivity index (χ0v) is 13.2. The predicted octanol–water partition coefficient (Wildman–Crippen LogP) is 3.27. The summed E-state index contributed by atoms with van der Waals surface area (Å²) in [4.78, 5) is 14.5. The summed E-state index contributed by atoms with van der Waals surface area (Å²) in [6.45, 7) is 5.33. The molecule has 3 nitrogen and oxygen atoms in total. The van der Waals surface area contributed by atoms with Crippen LogP contribution >= 0.6 is 12.4 Å². The highest BCUT2D eigenvalue weighted by atomic mass is 35.5. The summed E-state index contributed by atoms with van der Waals surface area (Å²) in [5, 5.41) is 0. The largest absolute Gasteiger partial charge is 0.399 e. The number of likely N-dealkylation sites (tertiary alicyclic amines) is 1. The van der Waals surface area contributed by atoms with Gasteiger partial charge >= 0.3 is 0 Å². The SMILES string of the molecule is CC(C)C1CCCCN1C(=O)Cc1ccc(N)cc1.Cl. The molecule has 1 saturated heterocycles. The quantitative estimate of drug-likeness (QED) is 0.870. The molecule has 2 rings (SSSR count). The van der Waals surface area contributed by atoms with Gasteiger partial charge in [0.05, 0.1) is 6.42 Å². The molecule has 0 saturated carbocycles. The Morgan fingerprint density at radius 3 is 2.55 bits per heavy atom. The average molecular weight is 297 g/mol. The zero-order valence-electron chi connectivity index (χ0n) is 12.3. The molecular weight excluding hydrogens is 272 g/mol. The van der Waals surface area contributed by atoms with Gasteiger partial charge in [-0.05, 0) is 42.9 Å². The first-order valence-corrected chi connectivity index (χ1v) is 7.22. The van der Waals surface area contributed by atoms with Gasteiger partial charge in [-0.3, -0.25) is 4.79 Å². The Morgan fingerprint density at radius 2 is 1.95 bits per heavy atom. The van der Waals surface area contributed by atoms with Crippen LogP contribution in [0, 0.1) is 5.92 Å². The van der Waals surface area contributed by atoms with E-state index in [1.165, 1.54) is 6.42 Å². The van der Waals surface area contributed by atoms with E-state index < -0.39 is 0 Å². The van der Waals surface area contributed by atoms with Crippen LogP contribution in [-0.4, -0.2) is 23.4 Å². The van der Waals surface area contributed by atoms with Gasteiger partial charge in [0.2, 0.25) is 5.91 Å². The fraction of sp³-hybridized carbons (Fsp3) is 0.562. The summed E-state index contributed by atoms with van der Waals surface area (Å²) in [6.07, 6.45) is 4.01. The van der Waals surface area contributed by atoms with Crippen LogP contribution in [0.1, 0.15) is 38.7 Å². The van der Waals surface area contributed by atoms with E-state index in [1.54, 1.807) is 0 Å². The lowest BCUT2D eigenvalue weighted by molar-refractivity contribution is -0.135. The van der Waals surface area contributed by atoms with Crippen LogP contribution in [0.5, 0.6) is 0 Å². The molecule has 2 N–H and O–H groups in total. The van der Waals surface area contributed by atoms with Crippen molar-refractivity contribution in [3.63, 3.8) is 0 Å². The third-order valence-corrected chi connectivity index (χ3v) is 3.97. The average Bonchev–Trinajstić information content (AvgIpc) is 2.41. The van der Waals surface area contributed by atoms with Crippen LogP contribution in [0.25, 0.3) is 0 Å². The van der Waals surface area contributed by atoms with Crippen LogP contribution in [0.2, 0.25) is 0 Å². The monoisotopic (exact) mass is 296 g/mol. The molecule has 112 valence electrons. The molecule has 1 amide bonds. The molecule has 1 aromatic carbocycles. The number of halogens is 1. The number of amides is 1. The molecule has 0 spiro atoms. The van der Waals surface area contributed by atoms with E-state index in [0.29, 0.717) is 18.4 Å². The van der Waals surface area contributed by atoms with Gasteiger partial charge in [0.1, 0.15) is 0 Å². The van der Waals surface area contributed by atoms with E-state index in [2.05, 4.69) is 18.7 Å². The van der Waals surface area contributed by atoms with Gasteiger partial charge in [0.25, 0.3) is 0 Å². The number of carbonyl (C=O) groups is 1. The fourth-order valence-corrected chi connectivity index (χ4v) is 2.87. The van der Waals surface area contributed by atoms with Crippen LogP contribution in [0.3, 0.4) is 0 Å². The van der Waals surface area contributed by atoms with E-state index in [-0.39, 0.29) is 18.3 Å². The number of piperidine rings is 1. The smallest absolute Gasteiger partial charge is 0.227 e. The Labute approximate surface area is 127 Å². The molecule has 1 atom stereocenters. The highest BCUT2D eigenvalue weighted by molar-refractivity contribution is 5.85. The number of anilines is 1. The summed E-state index contributed by atoms with van der Waals surface area (Å²) in [6, 6.07) is 8.02. The molecule has 1 heterocycles. The lowest BCUT2D eigenvalue weighted by Gasteiger charge is -2.38. The lowest BCUT2D eigenvalue weighted by Crippen LogP contribution is -2.47. The van der Waals surface area contributed by atoms with Crippen LogP contribution < -0.4 is 5.73 Å². The van der Waals surface area contributed by atoms with Crippen molar-refractivity contribution in [3.8, 4) is 0 Å². The minimum Gasteiger partial charge on any atom is -0.399 e. The number of benzene rings is 1. The first-order valence-electron chi connectivity index (χ1n) is 7.22. The van der Waals surface area contributed by atoms with Crippen molar-refractivity contribution in [2.24, 2.45) is 5.92 Å². The topological polar surface area (TPSA) is 46.3 Å². The summed E-state index contributed by atoms with van der Waals surface area (Å²) in [5.41, 5.74) is 7.46. The van der Waals surface area contributed by atoms with Gasteiger partial charge in [-0.15, -0.1) is 12.4 Å². The minimum atomic E-state index is 0. The van der Waals surface area contributed by atoms with Gasteiger partial charge < -0.3 is 10.6 Å². The second-order valence-electron chi connectivity index (χ2n) is 5.81. The van der Waals surface area contributed by atoms with Crippen molar-refractivity contribution in [2.45, 2.75) is 45.6 Å². The summed E-state index contributed by atoms with van der Waals surface area (Å²) in [5.74, 6) is 0.791. The Bertz CT molecular complexity index is 431. The molecule has 0 aliphatic carbocycles. The van der Waals surface area contributed by atoms with E-state index in [9.17, 15) is 4.79 Å². The van der Waals surface area contributed by atoms with Gasteiger partial charge in [0, 0.05) is 18.3 Å². The van der Waals surface area contributed by atoms with E-state index >= 15 is 0 Å². The lowest BCUT2D eigenvalue weighted by atomic mass is 9.92. The van der Waals surface area contributed by atoms with Crippen LogP contribution in [-0.2, 0) is 11.2 Å². The van der Waals surface area contributed by atoms with Crippen molar-refractivity contribution in [3.05, 3.63) is 29.8 Å². The van der Waals surface area contributed by atoms with E-state index in [4.69, 9.17) is 5.73 Å². The molecule has 1 aromatic rings. The Kier molecular flexibility index (Phi) is 6.34. The van der Waals surface area contributed by atoms with Gasteiger partial charge in [-0.1, -0.05) is 26.0 Å². The highest BCUT2D eigenvalue weighted by Gasteiger charge is 2.28. The molecular formula is C16H25ClN2O. The van der Waals surface area contributed by atoms with E-state index in [0.717, 1.165) is 30.6 Å². The van der Waals surface area contributed by atoms with Crippen LogP contribution in [0.15, 0.2) is 24.3 Å². The van der Waals surface area contributed by atoms with Crippen LogP contribution in [0.4, 0.5) is 5.69 Å². The van der Waals surface area contributed by atoms with Crippen molar-refractivity contribution >= 4 is 24.0 Å². The number of rotatable bonds is 3. The highest BCUT2D eigenvalue weighted by Crippen LogP contribution is 2.24. The Balaban J connectivity index is 0.00000200. The molecule has 1 aliphatic rings. The second kappa shape index (κ2) is 7.53. The van der Waals surface area contributed by atoms with Crippen molar-refractivity contribution in [1.29, 1.82) is 0 Å². The Morgan fingerprint density at radius 1 is 1.30 bits per heavy atom. The number of carbonyl (C=O) groups excluding carboxylic acids is 1. The molecule has 4 heteroatoms.